The summed E-state index contributed by atoms with van der Waals surface area (Å²) < 4.78 is 3.72. The van der Waals surface area contributed by atoms with Gasteiger partial charge in [0.25, 0.3) is 5.56 Å². The van der Waals surface area contributed by atoms with Crippen molar-refractivity contribution in [2.24, 2.45) is 5.92 Å². The first-order chi connectivity index (χ1) is 12.2. The summed E-state index contributed by atoms with van der Waals surface area (Å²) in [5.41, 5.74) is 2.34. The number of hydrogen-bond acceptors (Lipinski definition) is 3. The van der Waals surface area contributed by atoms with Gasteiger partial charge >= 0.3 is 0 Å². The molecule has 0 aliphatic heterocycles. The lowest BCUT2D eigenvalue weighted by atomic mass is 9.91. The van der Waals surface area contributed by atoms with Crippen LogP contribution >= 0.6 is 0 Å². The number of carbonyl (C=O) groups excluding carboxylic acids is 1. The number of fused-ring (bicyclic) bond motifs is 1. The molecule has 132 valence electrons. The highest BCUT2D eigenvalue weighted by molar-refractivity contribution is 5.76. The van der Waals surface area contributed by atoms with E-state index in [0.29, 0.717) is 25.4 Å². The summed E-state index contributed by atoms with van der Waals surface area (Å²) in [6, 6.07) is 5.66. The number of rotatable bonds is 6. The van der Waals surface area contributed by atoms with Crippen LogP contribution in [0.15, 0.2) is 35.4 Å². The van der Waals surface area contributed by atoms with E-state index in [-0.39, 0.29) is 17.5 Å². The van der Waals surface area contributed by atoms with Crippen LogP contribution in [0.5, 0.6) is 0 Å². The number of amides is 1. The van der Waals surface area contributed by atoms with Crippen LogP contribution in [-0.2, 0) is 30.7 Å². The Balaban J connectivity index is 1.44. The predicted octanol–water partition coefficient (Wildman–Crippen LogP) is 1.52. The molecule has 2 aromatic rings. The second-order valence-corrected chi connectivity index (χ2v) is 7.22. The van der Waals surface area contributed by atoms with E-state index in [1.165, 1.54) is 18.4 Å². The Morgan fingerprint density at radius 1 is 1.24 bits per heavy atom. The van der Waals surface area contributed by atoms with E-state index in [9.17, 15) is 9.59 Å². The molecule has 2 aromatic heterocycles. The third-order valence-corrected chi connectivity index (χ3v) is 5.23. The molecule has 4 rings (SSSR count). The molecule has 1 saturated carbocycles. The largest absolute Gasteiger partial charge is 0.353 e. The molecule has 1 fully saturated rings. The number of pyridine rings is 1. The Hall–Kier alpha value is -2.37. The molecule has 2 heterocycles. The number of hydrogen-bond donors (Lipinski definition) is 1. The highest BCUT2D eigenvalue weighted by Gasteiger charge is 2.27. The average molecular weight is 340 g/mol. The van der Waals surface area contributed by atoms with Crippen LogP contribution in [-0.4, -0.2) is 26.3 Å². The van der Waals surface area contributed by atoms with Gasteiger partial charge in [-0.25, -0.2) is 0 Å². The Kier molecular flexibility index (Phi) is 4.42. The van der Waals surface area contributed by atoms with Crippen molar-refractivity contribution in [1.82, 2.24) is 19.7 Å². The molecule has 0 unspecified atom stereocenters. The summed E-state index contributed by atoms with van der Waals surface area (Å²) in [6.07, 6.45) is 9.27. The quantitative estimate of drug-likeness (QED) is 0.867. The number of nitrogens with zero attached hydrogens (tertiary/aromatic N) is 3. The summed E-state index contributed by atoms with van der Waals surface area (Å²) in [6.45, 7) is 1.31. The van der Waals surface area contributed by atoms with Crippen molar-refractivity contribution in [3.63, 3.8) is 0 Å². The van der Waals surface area contributed by atoms with Gasteiger partial charge in [0.2, 0.25) is 5.91 Å². The Morgan fingerprint density at radius 3 is 2.88 bits per heavy atom. The summed E-state index contributed by atoms with van der Waals surface area (Å²) in [7, 11) is 0. The van der Waals surface area contributed by atoms with Crippen molar-refractivity contribution >= 4 is 5.91 Å². The molecule has 0 spiro atoms. The molecule has 1 N–H and O–H groups in total. The van der Waals surface area contributed by atoms with Gasteiger partial charge in [0.15, 0.2) is 0 Å². The molecular weight excluding hydrogens is 316 g/mol. The Bertz CT molecular complexity index is 805. The highest BCUT2D eigenvalue weighted by Crippen LogP contribution is 2.32. The fourth-order valence-electron chi connectivity index (χ4n) is 3.70. The highest BCUT2D eigenvalue weighted by atomic mass is 16.1. The molecule has 2 aliphatic rings. The van der Waals surface area contributed by atoms with Crippen LogP contribution < -0.4 is 10.9 Å². The molecule has 0 radical (unpaired) electrons. The van der Waals surface area contributed by atoms with E-state index in [4.69, 9.17) is 0 Å². The number of aryl methyl sites for hydroxylation is 1. The third kappa shape index (κ3) is 3.83. The van der Waals surface area contributed by atoms with Gasteiger partial charge in [0, 0.05) is 43.2 Å². The van der Waals surface area contributed by atoms with Crippen molar-refractivity contribution in [1.29, 1.82) is 0 Å². The van der Waals surface area contributed by atoms with Crippen LogP contribution in [0.1, 0.15) is 36.9 Å². The van der Waals surface area contributed by atoms with E-state index >= 15 is 0 Å². The zero-order valence-corrected chi connectivity index (χ0v) is 14.4. The Morgan fingerprint density at radius 2 is 2.12 bits per heavy atom. The first-order valence-electron chi connectivity index (χ1n) is 9.17. The van der Waals surface area contributed by atoms with Crippen LogP contribution in [0.3, 0.4) is 0 Å². The predicted molar refractivity (Wildman–Crippen MR) is 94.2 cm³/mol. The average Bonchev–Trinajstić information content (AvgIpc) is 3.25. The van der Waals surface area contributed by atoms with Gasteiger partial charge in [-0.2, -0.15) is 5.10 Å². The minimum absolute atomic E-state index is 0.0436. The number of aromatic nitrogens is 3. The molecule has 0 bridgehead atoms. The monoisotopic (exact) mass is 340 g/mol. The first kappa shape index (κ1) is 16.1. The van der Waals surface area contributed by atoms with Crippen molar-refractivity contribution in [2.45, 2.75) is 57.7 Å². The molecule has 0 saturated heterocycles. The summed E-state index contributed by atoms with van der Waals surface area (Å²) in [5.74, 6) is 0.798. The lowest BCUT2D eigenvalue weighted by Crippen LogP contribution is -2.40. The molecule has 2 aliphatic carbocycles. The standard InChI is InChI=1S/C19H24N4O2/c24-18(12-14-2-3-14)21-16-5-6-17-15(13-16)4-7-19(25)23(17)11-10-22-9-1-8-20-22/h1,4,7-9,14,16H,2-3,5-6,10-13H2,(H,21,24)/t16-/m0/s1. The molecule has 1 atom stereocenters. The smallest absolute Gasteiger partial charge is 0.250 e. The lowest BCUT2D eigenvalue weighted by Gasteiger charge is -2.27. The van der Waals surface area contributed by atoms with Gasteiger partial charge in [0.05, 0.1) is 6.54 Å². The fraction of sp³-hybridized carbons (Fsp3) is 0.526. The van der Waals surface area contributed by atoms with Crippen LogP contribution in [0, 0.1) is 5.92 Å². The van der Waals surface area contributed by atoms with Crippen molar-refractivity contribution in [2.75, 3.05) is 0 Å². The Labute approximate surface area is 146 Å². The van der Waals surface area contributed by atoms with E-state index in [0.717, 1.165) is 25.0 Å². The van der Waals surface area contributed by atoms with Gasteiger partial charge < -0.3 is 9.88 Å². The molecular formula is C19H24N4O2. The molecule has 6 nitrogen and oxygen atoms in total. The van der Waals surface area contributed by atoms with E-state index in [1.54, 1.807) is 12.3 Å². The van der Waals surface area contributed by atoms with Crippen LogP contribution in [0.4, 0.5) is 0 Å². The van der Waals surface area contributed by atoms with Gasteiger partial charge in [-0.15, -0.1) is 0 Å². The minimum Gasteiger partial charge on any atom is -0.353 e. The maximum Gasteiger partial charge on any atom is 0.250 e. The summed E-state index contributed by atoms with van der Waals surface area (Å²) in [5, 5.41) is 7.38. The van der Waals surface area contributed by atoms with Crippen molar-refractivity contribution in [3.05, 3.63) is 52.2 Å². The molecule has 25 heavy (non-hydrogen) atoms. The van der Waals surface area contributed by atoms with Crippen LogP contribution in [0.25, 0.3) is 0 Å². The summed E-state index contributed by atoms with van der Waals surface area (Å²) >= 11 is 0. The topological polar surface area (TPSA) is 68.9 Å². The SMILES string of the molecule is O=C(CC1CC1)N[C@H]1CCc2c(ccc(=O)n2CCn2cccn2)C1. The van der Waals surface area contributed by atoms with Crippen LogP contribution in [0.2, 0.25) is 0 Å². The minimum atomic E-state index is 0.0436. The van der Waals surface area contributed by atoms with Crippen molar-refractivity contribution < 1.29 is 4.79 Å². The second kappa shape index (κ2) is 6.86. The maximum absolute atomic E-state index is 12.3. The van der Waals surface area contributed by atoms with E-state index in [1.807, 2.05) is 27.6 Å². The van der Waals surface area contributed by atoms with Gasteiger partial charge in [-0.1, -0.05) is 6.07 Å². The van der Waals surface area contributed by atoms with Crippen molar-refractivity contribution in [3.8, 4) is 0 Å². The third-order valence-electron chi connectivity index (χ3n) is 5.23. The normalized spacial score (nSPS) is 19.4. The number of nitrogens with one attached hydrogen (secondary N) is 1. The second-order valence-electron chi connectivity index (χ2n) is 7.22. The molecule has 0 aromatic carbocycles. The first-order valence-corrected chi connectivity index (χ1v) is 9.17. The molecule has 6 heteroatoms. The lowest BCUT2D eigenvalue weighted by molar-refractivity contribution is -0.122. The van der Waals surface area contributed by atoms with E-state index in [2.05, 4.69) is 10.4 Å². The van der Waals surface area contributed by atoms with Gasteiger partial charge in [-0.05, 0) is 49.7 Å². The van der Waals surface area contributed by atoms with Gasteiger partial charge in [-0.3, -0.25) is 14.3 Å². The summed E-state index contributed by atoms with van der Waals surface area (Å²) in [4.78, 5) is 24.4. The molecule has 1 amide bonds. The zero-order valence-electron chi connectivity index (χ0n) is 14.4. The zero-order chi connectivity index (χ0) is 17.2. The number of carbonyl (C=O) groups is 1. The fourth-order valence-corrected chi connectivity index (χ4v) is 3.70. The maximum atomic E-state index is 12.3. The van der Waals surface area contributed by atoms with Gasteiger partial charge in [0.1, 0.15) is 0 Å². The van der Waals surface area contributed by atoms with E-state index < -0.39 is 0 Å².